The highest BCUT2D eigenvalue weighted by atomic mass is 127. The smallest absolute Gasteiger partial charge is 0.191 e. The molecule has 24 heavy (non-hydrogen) atoms. The third kappa shape index (κ3) is 6.66. The Bertz CT molecular complexity index is 529. The number of guanidine groups is 1. The SMILES string of the molecule is CCNC(=NCc1ccnc(N(C)C)c1)NCC1(C)CCCS1.I. The molecular weight excluding hydrogens is 433 g/mol. The number of nitrogens with one attached hydrogen (secondary N) is 2. The van der Waals surface area contributed by atoms with Crippen LogP contribution in [-0.4, -0.2) is 48.6 Å². The van der Waals surface area contributed by atoms with Crippen molar-refractivity contribution in [2.45, 2.75) is 38.0 Å². The number of thioether (sulfide) groups is 1. The molecule has 0 aromatic carbocycles. The predicted molar refractivity (Wildman–Crippen MR) is 117 cm³/mol. The molecule has 2 heterocycles. The fraction of sp³-hybridized carbons (Fsp3) is 0.647. The number of nitrogens with zero attached hydrogens (tertiary/aromatic N) is 3. The Balaban J connectivity index is 0.00000288. The lowest BCUT2D eigenvalue weighted by Gasteiger charge is -2.24. The zero-order valence-electron chi connectivity index (χ0n) is 15.1. The first kappa shape index (κ1) is 21.3. The van der Waals surface area contributed by atoms with E-state index in [4.69, 9.17) is 4.99 Å². The Kier molecular flexibility index (Phi) is 9.18. The highest BCUT2D eigenvalue weighted by Gasteiger charge is 2.29. The highest BCUT2D eigenvalue weighted by Crippen LogP contribution is 2.36. The second-order valence-electron chi connectivity index (χ2n) is 6.37. The fourth-order valence-electron chi connectivity index (χ4n) is 2.56. The molecule has 1 aromatic rings. The number of aliphatic imine (C=N–C) groups is 1. The van der Waals surface area contributed by atoms with Crippen molar-refractivity contribution >= 4 is 47.5 Å². The maximum absolute atomic E-state index is 4.72. The lowest BCUT2D eigenvalue weighted by molar-refractivity contribution is 0.584. The minimum atomic E-state index is 0. The number of pyridine rings is 1. The molecule has 2 rings (SSSR count). The van der Waals surface area contributed by atoms with E-state index < -0.39 is 0 Å². The number of hydrogen-bond acceptors (Lipinski definition) is 4. The van der Waals surface area contributed by atoms with E-state index in [1.165, 1.54) is 24.2 Å². The van der Waals surface area contributed by atoms with E-state index >= 15 is 0 Å². The number of rotatable bonds is 6. The van der Waals surface area contributed by atoms with Gasteiger partial charge in [0.05, 0.1) is 6.54 Å². The van der Waals surface area contributed by atoms with Crippen molar-refractivity contribution in [2.24, 2.45) is 4.99 Å². The van der Waals surface area contributed by atoms with Crippen LogP contribution < -0.4 is 15.5 Å². The van der Waals surface area contributed by atoms with Gasteiger partial charge in [-0.2, -0.15) is 11.8 Å². The normalized spacial score (nSPS) is 20.4. The van der Waals surface area contributed by atoms with Gasteiger partial charge in [0.1, 0.15) is 5.82 Å². The third-order valence-corrected chi connectivity index (χ3v) is 5.50. The van der Waals surface area contributed by atoms with Crippen molar-refractivity contribution in [2.75, 3.05) is 37.8 Å². The Morgan fingerprint density at radius 3 is 2.83 bits per heavy atom. The molecule has 136 valence electrons. The Morgan fingerprint density at radius 1 is 1.42 bits per heavy atom. The zero-order valence-corrected chi connectivity index (χ0v) is 18.3. The quantitative estimate of drug-likeness (QED) is 0.386. The van der Waals surface area contributed by atoms with Crippen LogP contribution in [0.25, 0.3) is 0 Å². The van der Waals surface area contributed by atoms with E-state index in [1.54, 1.807) is 0 Å². The average Bonchev–Trinajstić information content (AvgIpc) is 2.97. The van der Waals surface area contributed by atoms with Crippen molar-refractivity contribution in [1.82, 2.24) is 15.6 Å². The molecule has 1 saturated heterocycles. The summed E-state index contributed by atoms with van der Waals surface area (Å²) >= 11 is 2.07. The van der Waals surface area contributed by atoms with Gasteiger partial charge in [-0.1, -0.05) is 0 Å². The van der Waals surface area contributed by atoms with Crippen molar-refractivity contribution in [3.05, 3.63) is 23.9 Å². The van der Waals surface area contributed by atoms with E-state index in [9.17, 15) is 0 Å². The first-order valence-corrected chi connectivity index (χ1v) is 9.29. The highest BCUT2D eigenvalue weighted by molar-refractivity contribution is 14.0. The minimum absolute atomic E-state index is 0. The molecule has 7 heteroatoms. The van der Waals surface area contributed by atoms with Crippen LogP contribution >= 0.6 is 35.7 Å². The maximum Gasteiger partial charge on any atom is 0.191 e. The molecular formula is C17H30IN5S. The van der Waals surface area contributed by atoms with Gasteiger partial charge in [0.25, 0.3) is 0 Å². The molecule has 1 aliphatic heterocycles. The average molecular weight is 463 g/mol. The largest absolute Gasteiger partial charge is 0.363 e. The summed E-state index contributed by atoms with van der Waals surface area (Å²) in [6, 6.07) is 4.11. The van der Waals surface area contributed by atoms with Crippen molar-refractivity contribution < 1.29 is 0 Å². The van der Waals surface area contributed by atoms with Gasteiger partial charge >= 0.3 is 0 Å². The lowest BCUT2D eigenvalue weighted by Crippen LogP contribution is -2.43. The topological polar surface area (TPSA) is 52.6 Å². The Morgan fingerprint density at radius 2 is 2.21 bits per heavy atom. The third-order valence-electron chi connectivity index (χ3n) is 3.96. The van der Waals surface area contributed by atoms with Gasteiger partial charge in [0, 0.05) is 38.1 Å². The van der Waals surface area contributed by atoms with Crippen LogP contribution in [0.5, 0.6) is 0 Å². The molecule has 0 amide bonds. The molecule has 0 spiro atoms. The summed E-state index contributed by atoms with van der Waals surface area (Å²) in [4.78, 5) is 11.1. The molecule has 5 nitrogen and oxygen atoms in total. The van der Waals surface area contributed by atoms with Crippen LogP contribution in [0.2, 0.25) is 0 Å². The number of hydrogen-bond donors (Lipinski definition) is 2. The number of anilines is 1. The van der Waals surface area contributed by atoms with Gasteiger partial charge in [-0.3, -0.25) is 0 Å². The summed E-state index contributed by atoms with van der Waals surface area (Å²) in [5, 5.41) is 6.84. The zero-order chi connectivity index (χ0) is 16.7. The van der Waals surface area contributed by atoms with Crippen LogP contribution in [0.3, 0.4) is 0 Å². The second-order valence-corrected chi connectivity index (χ2v) is 8.05. The van der Waals surface area contributed by atoms with E-state index in [2.05, 4.69) is 47.3 Å². The molecule has 2 N–H and O–H groups in total. The van der Waals surface area contributed by atoms with Crippen LogP contribution in [0.4, 0.5) is 5.82 Å². The molecule has 1 aromatic heterocycles. The van der Waals surface area contributed by atoms with Crippen LogP contribution in [0, 0.1) is 0 Å². The van der Waals surface area contributed by atoms with Crippen LogP contribution in [-0.2, 0) is 6.54 Å². The summed E-state index contributed by atoms with van der Waals surface area (Å²) < 4.78 is 0.338. The molecule has 1 unspecified atom stereocenters. The molecule has 0 bridgehead atoms. The van der Waals surface area contributed by atoms with Gasteiger partial charge in [0.2, 0.25) is 0 Å². The van der Waals surface area contributed by atoms with Crippen molar-refractivity contribution in [3.8, 4) is 0 Å². The Hall–Kier alpha value is -0.700. The summed E-state index contributed by atoms with van der Waals surface area (Å²) in [5.74, 6) is 3.13. The van der Waals surface area contributed by atoms with E-state index in [-0.39, 0.29) is 24.0 Å². The first-order valence-electron chi connectivity index (χ1n) is 8.31. The van der Waals surface area contributed by atoms with Gasteiger partial charge in [-0.05, 0) is 50.1 Å². The first-order chi connectivity index (χ1) is 11.0. The van der Waals surface area contributed by atoms with Gasteiger partial charge in [0.15, 0.2) is 5.96 Å². The predicted octanol–water partition coefficient (Wildman–Crippen LogP) is 3.11. The minimum Gasteiger partial charge on any atom is -0.363 e. The molecule has 1 fully saturated rings. The summed E-state index contributed by atoms with van der Waals surface area (Å²) in [6.07, 6.45) is 4.44. The second kappa shape index (κ2) is 10.3. The molecule has 1 atom stereocenters. The summed E-state index contributed by atoms with van der Waals surface area (Å²) in [5.41, 5.74) is 1.17. The molecule has 1 aliphatic rings. The van der Waals surface area contributed by atoms with Crippen LogP contribution in [0.15, 0.2) is 23.3 Å². The van der Waals surface area contributed by atoms with Gasteiger partial charge < -0.3 is 15.5 Å². The standard InChI is InChI=1S/C17H29N5S.HI/c1-5-18-16(21-13-17(2)8-6-10-23-17)20-12-14-7-9-19-15(11-14)22(3)4;/h7,9,11H,5-6,8,10,12-13H2,1-4H3,(H2,18,20,21);1H. The number of halogens is 1. The summed E-state index contributed by atoms with van der Waals surface area (Å²) in [6.45, 7) is 6.92. The van der Waals surface area contributed by atoms with Crippen molar-refractivity contribution in [1.29, 1.82) is 0 Å². The van der Waals surface area contributed by atoms with Gasteiger partial charge in [-0.15, -0.1) is 24.0 Å². The fourth-order valence-corrected chi connectivity index (χ4v) is 3.81. The molecule has 0 saturated carbocycles. The van der Waals surface area contributed by atoms with Crippen LogP contribution in [0.1, 0.15) is 32.3 Å². The van der Waals surface area contributed by atoms with E-state index in [0.29, 0.717) is 11.3 Å². The summed E-state index contributed by atoms with van der Waals surface area (Å²) in [7, 11) is 4.00. The maximum atomic E-state index is 4.72. The lowest BCUT2D eigenvalue weighted by atomic mass is 10.1. The van der Waals surface area contributed by atoms with Crippen molar-refractivity contribution in [3.63, 3.8) is 0 Å². The molecule has 0 radical (unpaired) electrons. The monoisotopic (exact) mass is 463 g/mol. The number of aromatic nitrogens is 1. The Labute approximate surface area is 167 Å². The van der Waals surface area contributed by atoms with E-state index in [0.717, 1.165) is 24.9 Å². The van der Waals surface area contributed by atoms with E-state index in [1.807, 2.05) is 31.3 Å². The van der Waals surface area contributed by atoms with Gasteiger partial charge in [-0.25, -0.2) is 9.98 Å². The molecule has 0 aliphatic carbocycles.